The molecule has 0 amide bonds. The van der Waals surface area contributed by atoms with E-state index in [2.05, 4.69) is 39.9 Å². The fourth-order valence-corrected chi connectivity index (χ4v) is 5.53. The molecule has 4 aromatic rings. The first-order valence-electron chi connectivity index (χ1n) is 11.4. The lowest BCUT2D eigenvalue weighted by Gasteiger charge is -2.34. The first kappa shape index (κ1) is 25.1. The van der Waals surface area contributed by atoms with Crippen molar-refractivity contribution in [1.82, 2.24) is 9.38 Å². The van der Waals surface area contributed by atoms with Crippen LogP contribution in [0.3, 0.4) is 0 Å². The van der Waals surface area contributed by atoms with Crippen molar-refractivity contribution in [1.29, 1.82) is 0 Å². The molecule has 2 aromatic carbocycles. The molecule has 0 fully saturated rings. The number of halogens is 1. The van der Waals surface area contributed by atoms with Crippen molar-refractivity contribution in [2.45, 2.75) is 51.5 Å². The number of rotatable bonds is 7. The van der Waals surface area contributed by atoms with E-state index in [0.717, 1.165) is 23.4 Å². The van der Waals surface area contributed by atoms with E-state index in [1.54, 1.807) is 18.2 Å². The summed E-state index contributed by atoms with van der Waals surface area (Å²) in [5.41, 5.74) is 2.15. The number of benzene rings is 2. The fraction of sp³-hybridized carbons (Fsp3) is 0.296. The molecule has 8 heteroatoms. The van der Waals surface area contributed by atoms with Crippen LogP contribution in [0, 0.1) is 5.41 Å². The number of imidazole rings is 1. The Morgan fingerprint density at radius 2 is 1.69 bits per heavy atom. The van der Waals surface area contributed by atoms with E-state index in [-0.39, 0.29) is 21.6 Å². The lowest BCUT2D eigenvalue weighted by Crippen LogP contribution is -2.36. The summed E-state index contributed by atoms with van der Waals surface area (Å²) in [6, 6.07) is 18.7. The lowest BCUT2D eigenvalue weighted by atomic mass is 9.82. The molecule has 2 aromatic heterocycles. The standard InChI is InChI=1S/C27H30ClN3O3S/c1-26(2,3)18-27(4,5)30-25-24(29-23-11-6-7-16-31(23)25)19-9-8-10-21(17-19)34-35(32,33)22-14-12-20(28)13-15-22/h6-17,30H,18H2,1-5H3. The second-order valence-electron chi connectivity index (χ2n) is 10.5. The maximum absolute atomic E-state index is 12.8. The Hall–Kier alpha value is -3.03. The van der Waals surface area contributed by atoms with Crippen molar-refractivity contribution in [3.8, 4) is 17.0 Å². The molecule has 35 heavy (non-hydrogen) atoms. The largest absolute Gasteiger partial charge is 0.379 e. The minimum atomic E-state index is -4.01. The summed E-state index contributed by atoms with van der Waals surface area (Å²) in [6.07, 6.45) is 2.90. The third-order valence-corrected chi connectivity index (χ3v) is 6.89. The van der Waals surface area contributed by atoms with Gasteiger partial charge in [0.05, 0.1) is 0 Å². The van der Waals surface area contributed by atoms with E-state index >= 15 is 0 Å². The Kier molecular flexibility index (Phi) is 6.60. The average molecular weight is 512 g/mol. The quantitative estimate of drug-likeness (QED) is 0.269. The molecule has 0 radical (unpaired) electrons. The van der Waals surface area contributed by atoms with Crippen molar-refractivity contribution >= 4 is 33.2 Å². The zero-order chi connectivity index (χ0) is 25.4. The van der Waals surface area contributed by atoms with Crippen molar-refractivity contribution in [2.75, 3.05) is 5.32 Å². The van der Waals surface area contributed by atoms with Crippen LogP contribution in [0.1, 0.15) is 41.0 Å². The Labute approximate surface area is 212 Å². The molecule has 184 valence electrons. The van der Waals surface area contributed by atoms with Gasteiger partial charge in [0, 0.05) is 22.3 Å². The van der Waals surface area contributed by atoms with Gasteiger partial charge in [0.2, 0.25) is 0 Å². The predicted octanol–water partition coefficient (Wildman–Crippen LogP) is 7.05. The van der Waals surface area contributed by atoms with E-state index in [1.165, 1.54) is 24.3 Å². The summed E-state index contributed by atoms with van der Waals surface area (Å²) >= 11 is 5.89. The van der Waals surface area contributed by atoms with Gasteiger partial charge in [-0.1, -0.05) is 50.6 Å². The van der Waals surface area contributed by atoms with Crippen molar-refractivity contribution in [2.24, 2.45) is 5.41 Å². The molecule has 4 rings (SSSR count). The van der Waals surface area contributed by atoms with E-state index < -0.39 is 10.1 Å². The second-order valence-corrected chi connectivity index (χ2v) is 12.5. The number of anilines is 1. The molecule has 0 aliphatic heterocycles. The van der Waals surface area contributed by atoms with Crippen LogP contribution < -0.4 is 9.50 Å². The molecule has 0 unspecified atom stereocenters. The summed E-state index contributed by atoms with van der Waals surface area (Å²) in [5.74, 6) is 1.04. The fourth-order valence-electron chi connectivity index (χ4n) is 4.48. The Bertz CT molecular complexity index is 1450. The molecule has 0 saturated carbocycles. The number of fused-ring (bicyclic) bond motifs is 1. The first-order chi connectivity index (χ1) is 16.3. The van der Waals surface area contributed by atoms with Crippen molar-refractivity contribution in [3.05, 3.63) is 77.9 Å². The van der Waals surface area contributed by atoms with Crippen molar-refractivity contribution in [3.63, 3.8) is 0 Å². The van der Waals surface area contributed by atoms with E-state index in [1.807, 2.05) is 34.9 Å². The van der Waals surface area contributed by atoms with Crippen LogP contribution in [0.5, 0.6) is 5.75 Å². The SMILES string of the molecule is CC(C)(C)CC(C)(C)Nc1c(-c2cccc(OS(=O)(=O)c3ccc(Cl)cc3)c2)nc2ccccn12. The summed E-state index contributed by atoms with van der Waals surface area (Å²) in [4.78, 5) is 4.88. The third kappa shape index (κ3) is 5.97. The van der Waals surface area contributed by atoms with Gasteiger partial charge in [-0.3, -0.25) is 4.40 Å². The molecule has 2 heterocycles. The number of nitrogens with one attached hydrogen (secondary N) is 1. The number of aromatic nitrogens is 2. The van der Waals surface area contributed by atoms with Gasteiger partial charge in [0.25, 0.3) is 0 Å². The minimum Gasteiger partial charge on any atom is -0.379 e. The average Bonchev–Trinajstić information content (AvgIpc) is 3.10. The van der Waals surface area contributed by atoms with E-state index in [4.69, 9.17) is 20.8 Å². The van der Waals surface area contributed by atoms with Crippen LogP contribution in [0.15, 0.2) is 77.8 Å². The van der Waals surface area contributed by atoms with E-state index in [9.17, 15) is 8.42 Å². The molecular formula is C27H30ClN3O3S. The van der Waals surface area contributed by atoms with Gasteiger partial charge < -0.3 is 9.50 Å². The number of nitrogens with zero attached hydrogens (tertiary/aromatic N) is 2. The Morgan fingerprint density at radius 1 is 0.971 bits per heavy atom. The number of hydrogen-bond acceptors (Lipinski definition) is 5. The van der Waals surface area contributed by atoms with Gasteiger partial charge in [-0.2, -0.15) is 8.42 Å². The van der Waals surface area contributed by atoms with Gasteiger partial charge in [-0.25, -0.2) is 4.98 Å². The smallest absolute Gasteiger partial charge is 0.339 e. The summed E-state index contributed by atoms with van der Waals surface area (Å²) in [6.45, 7) is 11.0. The van der Waals surface area contributed by atoms with Gasteiger partial charge in [-0.15, -0.1) is 0 Å². The highest BCUT2D eigenvalue weighted by atomic mass is 35.5. The van der Waals surface area contributed by atoms with Crippen LogP contribution in [-0.2, 0) is 10.1 Å². The summed E-state index contributed by atoms with van der Waals surface area (Å²) in [5, 5.41) is 4.14. The Balaban J connectivity index is 1.73. The maximum atomic E-state index is 12.8. The van der Waals surface area contributed by atoms with Crippen LogP contribution in [0.4, 0.5) is 5.82 Å². The first-order valence-corrected chi connectivity index (χ1v) is 13.2. The van der Waals surface area contributed by atoms with Gasteiger partial charge in [-0.05, 0) is 74.2 Å². The van der Waals surface area contributed by atoms with Gasteiger partial charge in [0.15, 0.2) is 0 Å². The molecule has 0 aliphatic carbocycles. The second kappa shape index (κ2) is 9.21. The Morgan fingerprint density at radius 3 is 2.37 bits per heavy atom. The van der Waals surface area contributed by atoms with Crippen molar-refractivity contribution < 1.29 is 12.6 Å². The predicted molar refractivity (Wildman–Crippen MR) is 142 cm³/mol. The van der Waals surface area contributed by atoms with E-state index in [0.29, 0.717) is 10.7 Å². The normalized spacial score (nSPS) is 12.6. The highest BCUT2D eigenvalue weighted by Gasteiger charge is 2.28. The minimum absolute atomic E-state index is 0.0336. The lowest BCUT2D eigenvalue weighted by molar-refractivity contribution is 0.302. The monoisotopic (exact) mass is 511 g/mol. The topological polar surface area (TPSA) is 72.7 Å². The zero-order valence-corrected chi connectivity index (χ0v) is 22.1. The molecule has 6 nitrogen and oxygen atoms in total. The molecule has 1 N–H and O–H groups in total. The molecule has 0 spiro atoms. The van der Waals surface area contributed by atoms with Gasteiger partial charge in [0.1, 0.15) is 27.8 Å². The highest BCUT2D eigenvalue weighted by Crippen LogP contribution is 2.36. The van der Waals surface area contributed by atoms with Crippen LogP contribution in [0.25, 0.3) is 16.9 Å². The highest BCUT2D eigenvalue weighted by molar-refractivity contribution is 7.87. The maximum Gasteiger partial charge on any atom is 0.339 e. The van der Waals surface area contributed by atoms with Gasteiger partial charge >= 0.3 is 10.1 Å². The summed E-state index contributed by atoms with van der Waals surface area (Å²) in [7, 11) is -4.01. The summed E-state index contributed by atoms with van der Waals surface area (Å²) < 4.78 is 33.0. The molecule has 0 saturated heterocycles. The zero-order valence-electron chi connectivity index (χ0n) is 20.5. The third-order valence-electron chi connectivity index (χ3n) is 5.37. The number of pyridine rings is 1. The van der Waals surface area contributed by atoms with Crippen LogP contribution in [-0.4, -0.2) is 23.3 Å². The molecule has 0 bridgehead atoms. The molecule has 0 atom stereocenters. The number of hydrogen-bond donors (Lipinski definition) is 1. The van der Waals surface area contributed by atoms with Crippen LogP contribution in [0.2, 0.25) is 5.02 Å². The molecular weight excluding hydrogens is 482 g/mol. The molecule has 0 aliphatic rings. The van der Waals surface area contributed by atoms with Crippen LogP contribution >= 0.6 is 11.6 Å².